The minimum Gasteiger partial charge on any atom is -0.304 e. The number of benzene rings is 1. The molecule has 0 unspecified atom stereocenters. The van der Waals surface area contributed by atoms with Crippen molar-refractivity contribution in [2.45, 2.75) is 52.2 Å². The van der Waals surface area contributed by atoms with E-state index in [1.54, 1.807) is 0 Å². The van der Waals surface area contributed by atoms with E-state index in [-0.39, 0.29) is 11.1 Å². The Morgan fingerprint density at radius 3 is 2.00 bits per heavy atom. The lowest BCUT2D eigenvalue weighted by Crippen LogP contribution is -2.66. The maximum absolute atomic E-state index is 3.72. The predicted octanol–water partition coefficient (Wildman–Crippen LogP) is 2.96. The van der Waals surface area contributed by atoms with Gasteiger partial charge in [-0.15, -0.1) is 0 Å². The van der Waals surface area contributed by atoms with Crippen LogP contribution in [-0.2, 0) is 6.54 Å². The molecule has 1 saturated heterocycles. The minimum absolute atomic E-state index is 0.187. The molecule has 0 saturated carbocycles. The van der Waals surface area contributed by atoms with Crippen LogP contribution in [0.1, 0.15) is 38.8 Å². The highest BCUT2D eigenvalue weighted by atomic mass is 15.3. The standard InChI is InChI=1S/C16H26N2/c1-13-6-8-14(9-7-13)10-18-11-15(2,3)17-16(4,5)12-18/h6-9,17H,10-12H2,1-5H3. The third-order valence-corrected chi connectivity index (χ3v) is 3.44. The summed E-state index contributed by atoms with van der Waals surface area (Å²) in [6.45, 7) is 14.5. The Bertz CT molecular complexity index is 388. The fourth-order valence-corrected chi connectivity index (χ4v) is 3.23. The van der Waals surface area contributed by atoms with Crippen molar-refractivity contribution in [2.75, 3.05) is 13.1 Å². The predicted molar refractivity (Wildman–Crippen MR) is 77.7 cm³/mol. The first kappa shape index (κ1) is 13.6. The van der Waals surface area contributed by atoms with E-state index < -0.39 is 0 Å². The average Bonchev–Trinajstić information content (AvgIpc) is 2.16. The van der Waals surface area contributed by atoms with Crippen molar-refractivity contribution in [2.24, 2.45) is 0 Å². The highest BCUT2D eigenvalue weighted by Crippen LogP contribution is 2.22. The Balaban J connectivity index is 2.07. The molecule has 0 atom stereocenters. The van der Waals surface area contributed by atoms with E-state index in [1.807, 2.05) is 0 Å². The van der Waals surface area contributed by atoms with Gasteiger partial charge in [0, 0.05) is 30.7 Å². The lowest BCUT2D eigenvalue weighted by Gasteiger charge is -2.48. The third-order valence-electron chi connectivity index (χ3n) is 3.44. The molecule has 1 fully saturated rings. The van der Waals surface area contributed by atoms with Crippen LogP contribution in [0.2, 0.25) is 0 Å². The van der Waals surface area contributed by atoms with Crippen molar-refractivity contribution in [1.82, 2.24) is 10.2 Å². The van der Waals surface area contributed by atoms with Gasteiger partial charge in [0.15, 0.2) is 0 Å². The van der Waals surface area contributed by atoms with Gasteiger partial charge in [-0.2, -0.15) is 0 Å². The zero-order valence-electron chi connectivity index (χ0n) is 12.4. The number of rotatable bonds is 2. The van der Waals surface area contributed by atoms with Crippen LogP contribution in [0.15, 0.2) is 24.3 Å². The highest BCUT2D eigenvalue weighted by Gasteiger charge is 2.36. The lowest BCUT2D eigenvalue weighted by molar-refractivity contribution is 0.0728. The van der Waals surface area contributed by atoms with Gasteiger partial charge in [0.25, 0.3) is 0 Å². The molecule has 0 spiro atoms. The van der Waals surface area contributed by atoms with Crippen LogP contribution in [0, 0.1) is 6.92 Å². The van der Waals surface area contributed by atoms with E-state index in [0.29, 0.717) is 0 Å². The van der Waals surface area contributed by atoms with Gasteiger partial charge >= 0.3 is 0 Å². The number of piperazine rings is 1. The van der Waals surface area contributed by atoms with Crippen LogP contribution >= 0.6 is 0 Å². The molecule has 0 bridgehead atoms. The molecule has 100 valence electrons. The molecule has 1 aromatic rings. The fourth-order valence-electron chi connectivity index (χ4n) is 3.23. The molecule has 1 aliphatic heterocycles. The average molecular weight is 246 g/mol. The highest BCUT2D eigenvalue weighted by molar-refractivity contribution is 5.21. The van der Waals surface area contributed by atoms with Gasteiger partial charge in [-0.1, -0.05) is 29.8 Å². The summed E-state index contributed by atoms with van der Waals surface area (Å²) in [7, 11) is 0. The minimum atomic E-state index is 0.187. The quantitative estimate of drug-likeness (QED) is 0.863. The first-order valence-corrected chi connectivity index (χ1v) is 6.83. The number of aryl methyl sites for hydroxylation is 1. The van der Waals surface area contributed by atoms with E-state index in [1.165, 1.54) is 11.1 Å². The van der Waals surface area contributed by atoms with E-state index in [2.05, 4.69) is 69.1 Å². The smallest absolute Gasteiger partial charge is 0.0257 e. The Hall–Kier alpha value is -0.860. The van der Waals surface area contributed by atoms with Crippen molar-refractivity contribution >= 4 is 0 Å². The van der Waals surface area contributed by atoms with Crippen molar-refractivity contribution in [3.63, 3.8) is 0 Å². The van der Waals surface area contributed by atoms with E-state index in [4.69, 9.17) is 0 Å². The summed E-state index contributed by atoms with van der Waals surface area (Å²) in [6, 6.07) is 8.90. The molecule has 18 heavy (non-hydrogen) atoms. The lowest BCUT2D eigenvalue weighted by atomic mass is 9.91. The molecule has 0 amide bonds. The number of hydrogen-bond donors (Lipinski definition) is 1. The first-order valence-electron chi connectivity index (χ1n) is 6.83. The third kappa shape index (κ3) is 3.56. The van der Waals surface area contributed by atoms with Gasteiger partial charge in [-0.25, -0.2) is 0 Å². The molecule has 0 aliphatic carbocycles. The molecular weight excluding hydrogens is 220 g/mol. The van der Waals surface area contributed by atoms with Gasteiger partial charge in [0.2, 0.25) is 0 Å². The summed E-state index contributed by atoms with van der Waals surface area (Å²) >= 11 is 0. The van der Waals surface area contributed by atoms with Crippen LogP contribution in [0.25, 0.3) is 0 Å². The zero-order valence-corrected chi connectivity index (χ0v) is 12.4. The Kier molecular flexibility index (Phi) is 3.52. The van der Waals surface area contributed by atoms with E-state index in [0.717, 1.165) is 19.6 Å². The van der Waals surface area contributed by atoms with Crippen LogP contribution in [0.5, 0.6) is 0 Å². The number of nitrogens with zero attached hydrogens (tertiary/aromatic N) is 1. The Morgan fingerprint density at radius 1 is 1.00 bits per heavy atom. The fraction of sp³-hybridized carbons (Fsp3) is 0.625. The number of hydrogen-bond acceptors (Lipinski definition) is 2. The topological polar surface area (TPSA) is 15.3 Å². The molecule has 1 heterocycles. The first-order chi connectivity index (χ1) is 8.26. The maximum atomic E-state index is 3.72. The summed E-state index contributed by atoms with van der Waals surface area (Å²) in [5.74, 6) is 0. The van der Waals surface area contributed by atoms with Crippen molar-refractivity contribution in [1.29, 1.82) is 0 Å². The molecule has 0 aromatic heterocycles. The van der Waals surface area contributed by atoms with E-state index in [9.17, 15) is 0 Å². The van der Waals surface area contributed by atoms with Crippen LogP contribution in [0.3, 0.4) is 0 Å². The summed E-state index contributed by atoms with van der Waals surface area (Å²) < 4.78 is 0. The zero-order chi connectivity index (χ0) is 13.4. The van der Waals surface area contributed by atoms with Crippen LogP contribution < -0.4 is 5.32 Å². The summed E-state index contributed by atoms with van der Waals surface area (Å²) in [4.78, 5) is 2.56. The molecule has 1 aliphatic rings. The van der Waals surface area contributed by atoms with Crippen LogP contribution in [0.4, 0.5) is 0 Å². The molecule has 0 radical (unpaired) electrons. The van der Waals surface area contributed by atoms with Gasteiger partial charge in [0.05, 0.1) is 0 Å². The monoisotopic (exact) mass is 246 g/mol. The second kappa shape index (κ2) is 4.67. The molecule has 2 rings (SSSR count). The van der Waals surface area contributed by atoms with Crippen molar-refractivity contribution in [3.05, 3.63) is 35.4 Å². The van der Waals surface area contributed by atoms with Gasteiger partial charge in [-0.3, -0.25) is 4.90 Å². The normalized spacial score (nSPS) is 22.9. The summed E-state index contributed by atoms with van der Waals surface area (Å²) in [5.41, 5.74) is 3.12. The molecule has 2 heteroatoms. The molecule has 1 N–H and O–H groups in total. The van der Waals surface area contributed by atoms with Crippen LogP contribution in [-0.4, -0.2) is 29.1 Å². The van der Waals surface area contributed by atoms with Gasteiger partial charge in [0.1, 0.15) is 0 Å². The van der Waals surface area contributed by atoms with E-state index >= 15 is 0 Å². The number of nitrogens with one attached hydrogen (secondary N) is 1. The van der Waals surface area contributed by atoms with Crippen molar-refractivity contribution < 1.29 is 0 Å². The molecule has 2 nitrogen and oxygen atoms in total. The second-order valence-corrected chi connectivity index (χ2v) is 7.02. The summed E-state index contributed by atoms with van der Waals surface area (Å²) in [5, 5.41) is 3.72. The molecule has 1 aromatic carbocycles. The molecular formula is C16H26N2. The van der Waals surface area contributed by atoms with Gasteiger partial charge < -0.3 is 5.32 Å². The van der Waals surface area contributed by atoms with Gasteiger partial charge in [-0.05, 0) is 40.2 Å². The Morgan fingerprint density at radius 2 is 1.50 bits per heavy atom. The summed E-state index contributed by atoms with van der Waals surface area (Å²) in [6.07, 6.45) is 0. The largest absolute Gasteiger partial charge is 0.304 e. The maximum Gasteiger partial charge on any atom is 0.0257 e. The Labute approximate surface area is 111 Å². The SMILES string of the molecule is Cc1ccc(CN2CC(C)(C)NC(C)(C)C2)cc1. The second-order valence-electron chi connectivity index (χ2n) is 7.02. The van der Waals surface area contributed by atoms with Crippen molar-refractivity contribution in [3.8, 4) is 0 Å².